The van der Waals surface area contributed by atoms with Crippen molar-refractivity contribution in [3.8, 4) is 0 Å². The van der Waals surface area contributed by atoms with Crippen LogP contribution in [0.3, 0.4) is 0 Å². The van der Waals surface area contributed by atoms with Crippen LogP contribution in [0.4, 0.5) is 11.6 Å². The number of hydrogen-bond donors (Lipinski definition) is 4. The summed E-state index contributed by atoms with van der Waals surface area (Å²) in [6.45, 7) is 1.05. The second kappa shape index (κ2) is 3.72. The zero-order valence-electron chi connectivity index (χ0n) is 6.50. The smallest absolute Gasteiger partial charge is 0.348 e. The van der Waals surface area contributed by atoms with Crippen LogP contribution in [0.2, 0.25) is 0 Å². The lowest BCUT2D eigenvalue weighted by Gasteiger charge is -2.02. The van der Waals surface area contributed by atoms with E-state index in [1.54, 1.807) is 0 Å². The maximum Gasteiger partial charge on any atom is 0.348 e. The van der Waals surface area contributed by atoms with Crippen molar-refractivity contribution in [3.63, 3.8) is 0 Å². The summed E-state index contributed by atoms with van der Waals surface area (Å²) in [5, 5.41) is 2.84. The van der Waals surface area contributed by atoms with Gasteiger partial charge in [0.05, 0.1) is 0 Å². The van der Waals surface area contributed by atoms with E-state index in [9.17, 15) is 4.79 Å². The molecule has 6 nitrogen and oxygen atoms in total. The maximum atomic E-state index is 10.8. The van der Waals surface area contributed by atoms with Gasteiger partial charge < -0.3 is 16.8 Å². The predicted molar refractivity (Wildman–Crippen MR) is 46.8 cm³/mol. The molecule has 6 N–H and O–H groups in total. The van der Waals surface area contributed by atoms with E-state index in [0.29, 0.717) is 18.9 Å². The second-order valence-corrected chi connectivity index (χ2v) is 2.24. The first-order valence-electron chi connectivity index (χ1n) is 3.53. The molecule has 1 aromatic heterocycles. The van der Waals surface area contributed by atoms with Gasteiger partial charge in [-0.15, -0.1) is 0 Å². The fourth-order valence-corrected chi connectivity index (χ4v) is 0.767. The molecule has 0 atom stereocenters. The topological polar surface area (TPSA) is 110 Å². The van der Waals surface area contributed by atoms with E-state index in [4.69, 9.17) is 11.5 Å². The first-order valence-corrected chi connectivity index (χ1v) is 3.53. The van der Waals surface area contributed by atoms with Gasteiger partial charge in [0.15, 0.2) is 0 Å². The van der Waals surface area contributed by atoms with E-state index in [1.165, 1.54) is 6.07 Å². The van der Waals surface area contributed by atoms with Crippen LogP contribution in [0.5, 0.6) is 0 Å². The van der Waals surface area contributed by atoms with Crippen LogP contribution >= 0.6 is 0 Å². The molecule has 12 heavy (non-hydrogen) atoms. The second-order valence-electron chi connectivity index (χ2n) is 2.24. The number of aromatic nitrogens is 2. The van der Waals surface area contributed by atoms with Crippen LogP contribution in [0.1, 0.15) is 0 Å². The van der Waals surface area contributed by atoms with E-state index < -0.39 is 5.69 Å². The lowest BCUT2D eigenvalue weighted by atomic mass is 10.5. The molecule has 66 valence electrons. The van der Waals surface area contributed by atoms with Crippen LogP contribution in [0, 0.1) is 0 Å². The molecule has 0 aliphatic carbocycles. The van der Waals surface area contributed by atoms with E-state index in [1.807, 2.05) is 0 Å². The minimum atomic E-state index is -0.463. The fourth-order valence-electron chi connectivity index (χ4n) is 0.767. The number of nitrogens with one attached hydrogen (secondary N) is 2. The molecule has 1 heterocycles. The van der Waals surface area contributed by atoms with Crippen molar-refractivity contribution in [3.05, 3.63) is 16.6 Å². The first kappa shape index (κ1) is 8.54. The van der Waals surface area contributed by atoms with Crippen LogP contribution in [-0.2, 0) is 0 Å². The average molecular weight is 169 g/mol. The Morgan fingerprint density at radius 3 is 3.00 bits per heavy atom. The van der Waals surface area contributed by atoms with Gasteiger partial charge in [-0.05, 0) is 0 Å². The molecule has 1 aromatic rings. The van der Waals surface area contributed by atoms with Crippen LogP contribution < -0.4 is 22.5 Å². The van der Waals surface area contributed by atoms with Crippen LogP contribution in [0.25, 0.3) is 0 Å². The monoisotopic (exact) mass is 169 g/mol. The van der Waals surface area contributed by atoms with Gasteiger partial charge >= 0.3 is 5.69 Å². The first-order chi connectivity index (χ1) is 5.72. The highest BCUT2D eigenvalue weighted by atomic mass is 16.1. The maximum absolute atomic E-state index is 10.8. The molecule has 0 aromatic carbocycles. The van der Waals surface area contributed by atoms with Crippen molar-refractivity contribution in [2.75, 3.05) is 24.1 Å². The van der Waals surface area contributed by atoms with Crippen LogP contribution in [0.15, 0.2) is 10.9 Å². The summed E-state index contributed by atoms with van der Waals surface area (Å²) in [5.74, 6) is 0.733. The summed E-state index contributed by atoms with van der Waals surface area (Å²) < 4.78 is 0. The van der Waals surface area contributed by atoms with Gasteiger partial charge in [-0.1, -0.05) is 0 Å². The van der Waals surface area contributed by atoms with Crippen molar-refractivity contribution < 1.29 is 0 Å². The molecule has 0 radical (unpaired) electrons. The third kappa shape index (κ3) is 2.24. The Morgan fingerprint density at radius 1 is 1.67 bits per heavy atom. The number of nitrogen functional groups attached to an aromatic ring is 1. The normalized spacial score (nSPS) is 9.75. The molecule has 1 rings (SSSR count). The molecule has 6 heteroatoms. The lowest BCUT2D eigenvalue weighted by Crippen LogP contribution is -2.19. The Labute approximate surface area is 69.0 Å². The number of rotatable bonds is 3. The largest absolute Gasteiger partial charge is 0.385 e. The fraction of sp³-hybridized carbons (Fsp3) is 0.333. The van der Waals surface area contributed by atoms with Gasteiger partial charge in [-0.2, -0.15) is 4.98 Å². The van der Waals surface area contributed by atoms with Gasteiger partial charge in [0.25, 0.3) is 0 Å². The van der Waals surface area contributed by atoms with Gasteiger partial charge in [0.1, 0.15) is 11.6 Å². The Hall–Kier alpha value is -1.56. The zero-order valence-corrected chi connectivity index (χ0v) is 6.50. The Kier molecular flexibility index (Phi) is 2.65. The minimum Gasteiger partial charge on any atom is -0.385 e. The number of nitrogens with two attached hydrogens (primary N) is 2. The predicted octanol–water partition coefficient (Wildman–Crippen LogP) is -1.28. The summed E-state index contributed by atoms with van der Waals surface area (Å²) in [7, 11) is 0. The lowest BCUT2D eigenvalue weighted by molar-refractivity contribution is 0.992. The van der Waals surface area contributed by atoms with E-state index >= 15 is 0 Å². The molecule has 0 spiro atoms. The number of H-pyrrole nitrogens is 1. The molecular formula is C6H11N5O. The van der Waals surface area contributed by atoms with Gasteiger partial charge in [-0.25, -0.2) is 4.79 Å². The SMILES string of the molecule is NCCNc1cc(N)[nH]c(=O)n1. The molecule has 0 saturated carbocycles. The Bertz CT molecular complexity index is 307. The average Bonchev–Trinajstić information content (AvgIpc) is 1.99. The molecule has 0 fully saturated rings. The summed E-state index contributed by atoms with van der Waals surface area (Å²) in [4.78, 5) is 16.7. The number of anilines is 2. The third-order valence-electron chi connectivity index (χ3n) is 1.22. The molecule has 0 amide bonds. The highest BCUT2D eigenvalue weighted by Crippen LogP contribution is 2.00. The van der Waals surface area contributed by atoms with Crippen molar-refractivity contribution in [1.29, 1.82) is 0 Å². The van der Waals surface area contributed by atoms with E-state index in [-0.39, 0.29) is 5.82 Å². The van der Waals surface area contributed by atoms with Crippen LogP contribution in [-0.4, -0.2) is 23.1 Å². The number of aromatic amines is 1. The zero-order chi connectivity index (χ0) is 8.97. The van der Waals surface area contributed by atoms with Crippen molar-refractivity contribution >= 4 is 11.6 Å². The van der Waals surface area contributed by atoms with E-state index in [2.05, 4.69) is 15.3 Å². The molecule has 0 bridgehead atoms. The standard InChI is InChI=1S/C6H11N5O/c7-1-2-9-5-3-4(8)10-6(12)11-5/h3H,1-2,7H2,(H4,8,9,10,11,12). The molecular weight excluding hydrogens is 158 g/mol. The van der Waals surface area contributed by atoms with Crippen molar-refractivity contribution in [2.24, 2.45) is 5.73 Å². The highest BCUT2D eigenvalue weighted by Gasteiger charge is 1.95. The van der Waals surface area contributed by atoms with Gasteiger partial charge in [0, 0.05) is 19.2 Å². The summed E-state index contributed by atoms with van der Waals surface area (Å²) in [5.41, 5.74) is 10.1. The molecule has 0 unspecified atom stereocenters. The Morgan fingerprint density at radius 2 is 2.42 bits per heavy atom. The molecule has 0 aliphatic rings. The molecule has 0 saturated heterocycles. The summed E-state index contributed by atoms with van der Waals surface area (Å²) in [6.07, 6.45) is 0. The molecule has 0 aliphatic heterocycles. The van der Waals surface area contributed by atoms with Gasteiger partial charge in [-0.3, -0.25) is 4.98 Å². The number of nitrogens with zero attached hydrogens (tertiary/aromatic N) is 1. The minimum absolute atomic E-state index is 0.287. The van der Waals surface area contributed by atoms with Crippen molar-refractivity contribution in [2.45, 2.75) is 0 Å². The third-order valence-corrected chi connectivity index (χ3v) is 1.22. The van der Waals surface area contributed by atoms with E-state index in [0.717, 1.165) is 0 Å². The Balaban J connectivity index is 2.79. The van der Waals surface area contributed by atoms with Gasteiger partial charge in [0.2, 0.25) is 0 Å². The summed E-state index contributed by atoms with van der Waals surface area (Å²) in [6, 6.07) is 1.54. The quantitative estimate of drug-likeness (QED) is 0.450. The van der Waals surface area contributed by atoms with Crippen molar-refractivity contribution in [1.82, 2.24) is 9.97 Å². The number of hydrogen-bond acceptors (Lipinski definition) is 5. The highest BCUT2D eigenvalue weighted by molar-refractivity contribution is 5.43. The summed E-state index contributed by atoms with van der Waals surface area (Å²) >= 11 is 0.